The number of hydrogen-bond donors (Lipinski definition) is 1. The zero-order chi connectivity index (χ0) is 14.5. The lowest BCUT2D eigenvalue weighted by Crippen LogP contribution is -2.36. The molecule has 0 unspecified atom stereocenters. The van der Waals surface area contributed by atoms with Crippen molar-refractivity contribution >= 4 is 0 Å². The van der Waals surface area contributed by atoms with Crippen LogP contribution in [-0.4, -0.2) is 43.5 Å². The highest BCUT2D eigenvalue weighted by Crippen LogP contribution is 2.20. The molecule has 0 aliphatic carbocycles. The number of halogens is 1. The molecule has 0 radical (unpaired) electrons. The zero-order valence-electron chi connectivity index (χ0n) is 12.6. The summed E-state index contributed by atoms with van der Waals surface area (Å²) in [5.41, 5.74) is 7.52. The Morgan fingerprint density at radius 2 is 1.85 bits per heavy atom. The van der Waals surface area contributed by atoms with E-state index in [0.29, 0.717) is 6.54 Å². The Balaban J connectivity index is 1.87. The first-order valence-electron chi connectivity index (χ1n) is 7.42. The third-order valence-corrected chi connectivity index (χ3v) is 3.99. The van der Waals surface area contributed by atoms with Crippen LogP contribution in [-0.2, 0) is 13.1 Å². The van der Waals surface area contributed by atoms with Gasteiger partial charge in [-0.2, -0.15) is 0 Å². The standard InChI is InChI=1S/C16H26FN3/c1-19(2)11-13-3-5-20(6-4-13)12-15-7-14(10-18)8-16(17)9-15/h7-9,13H,3-6,10-12,18H2,1-2H3. The van der Waals surface area contributed by atoms with Crippen LogP contribution in [0, 0.1) is 11.7 Å². The first kappa shape index (κ1) is 15.4. The molecule has 0 atom stereocenters. The smallest absolute Gasteiger partial charge is 0.123 e. The minimum Gasteiger partial charge on any atom is -0.326 e. The maximum atomic E-state index is 13.5. The molecule has 1 heterocycles. The summed E-state index contributed by atoms with van der Waals surface area (Å²) >= 11 is 0. The summed E-state index contributed by atoms with van der Waals surface area (Å²) in [6.45, 7) is 4.61. The van der Waals surface area contributed by atoms with Gasteiger partial charge in [0.1, 0.15) is 5.82 Å². The summed E-state index contributed by atoms with van der Waals surface area (Å²) in [5, 5.41) is 0. The molecule has 1 saturated heterocycles. The number of nitrogens with zero attached hydrogens (tertiary/aromatic N) is 2. The van der Waals surface area contributed by atoms with Crippen molar-refractivity contribution in [2.45, 2.75) is 25.9 Å². The first-order chi connectivity index (χ1) is 9.56. The molecule has 0 amide bonds. The minimum absolute atomic E-state index is 0.176. The van der Waals surface area contributed by atoms with Crippen molar-refractivity contribution in [3.05, 3.63) is 35.1 Å². The average molecular weight is 279 g/mol. The van der Waals surface area contributed by atoms with Gasteiger partial charge in [-0.1, -0.05) is 6.07 Å². The number of benzene rings is 1. The Morgan fingerprint density at radius 1 is 1.20 bits per heavy atom. The Labute approximate surface area is 121 Å². The zero-order valence-corrected chi connectivity index (χ0v) is 12.6. The highest BCUT2D eigenvalue weighted by molar-refractivity contribution is 5.24. The lowest BCUT2D eigenvalue weighted by molar-refractivity contribution is 0.157. The van der Waals surface area contributed by atoms with Crippen LogP contribution in [0.1, 0.15) is 24.0 Å². The van der Waals surface area contributed by atoms with E-state index >= 15 is 0 Å². The minimum atomic E-state index is -0.176. The van der Waals surface area contributed by atoms with Gasteiger partial charge in [-0.15, -0.1) is 0 Å². The number of piperidine rings is 1. The lowest BCUT2D eigenvalue weighted by Gasteiger charge is -2.33. The van der Waals surface area contributed by atoms with Gasteiger partial charge in [-0.3, -0.25) is 4.90 Å². The van der Waals surface area contributed by atoms with Gasteiger partial charge in [-0.25, -0.2) is 4.39 Å². The third kappa shape index (κ3) is 4.54. The SMILES string of the molecule is CN(C)CC1CCN(Cc2cc(F)cc(CN)c2)CC1. The summed E-state index contributed by atoms with van der Waals surface area (Å²) in [5.74, 6) is 0.624. The van der Waals surface area contributed by atoms with Crippen LogP contribution in [0.4, 0.5) is 4.39 Å². The lowest BCUT2D eigenvalue weighted by atomic mass is 9.96. The van der Waals surface area contributed by atoms with Crippen LogP contribution in [0.5, 0.6) is 0 Å². The van der Waals surface area contributed by atoms with Crippen LogP contribution >= 0.6 is 0 Å². The Bertz CT molecular complexity index is 426. The molecule has 1 aromatic carbocycles. The molecule has 2 rings (SSSR count). The molecule has 1 fully saturated rings. The molecule has 112 valence electrons. The molecular weight excluding hydrogens is 253 g/mol. The van der Waals surface area contributed by atoms with Gasteiger partial charge in [0.15, 0.2) is 0 Å². The summed E-state index contributed by atoms with van der Waals surface area (Å²) < 4.78 is 13.5. The van der Waals surface area contributed by atoms with Gasteiger partial charge in [0, 0.05) is 19.6 Å². The second kappa shape index (κ2) is 7.16. The van der Waals surface area contributed by atoms with Crippen molar-refractivity contribution in [2.75, 3.05) is 33.7 Å². The van der Waals surface area contributed by atoms with E-state index in [-0.39, 0.29) is 5.82 Å². The van der Waals surface area contributed by atoms with Gasteiger partial charge < -0.3 is 10.6 Å². The summed E-state index contributed by atoms with van der Waals surface area (Å²) in [6, 6.07) is 5.17. The molecule has 20 heavy (non-hydrogen) atoms. The molecule has 1 aliphatic rings. The van der Waals surface area contributed by atoms with Crippen molar-refractivity contribution < 1.29 is 4.39 Å². The van der Waals surface area contributed by atoms with Crippen molar-refractivity contribution in [3.63, 3.8) is 0 Å². The predicted octanol–water partition coefficient (Wildman–Crippen LogP) is 2.06. The van der Waals surface area contributed by atoms with Crippen LogP contribution in [0.2, 0.25) is 0 Å². The van der Waals surface area contributed by atoms with Crippen LogP contribution in [0.25, 0.3) is 0 Å². The second-order valence-corrected chi connectivity index (χ2v) is 6.15. The van der Waals surface area contributed by atoms with Gasteiger partial charge in [0.25, 0.3) is 0 Å². The molecule has 0 saturated carbocycles. The largest absolute Gasteiger partial charge is 0.326 e. The number of rotatable bonds is 5. The fourth-order valence-electron chi connectivity index (χ4n) is 3.03. The van der Waals surface area contributed by atoms with Crippen LogP contribution < -0.4 is 5.73 Å². The molecule has 4 heteroatoms. The predicted molar refractivity (Wildman–Crippen MR) is 80.8 cm³/mol. The quantitative estimate of drug-likeness (QED) is 0.895. The van der Waals surface area contributed by atoms with E-state index in [1.165, 1.54) is 25.5 Å². The summed E-state index contributed by atoms with van der Waals surface area (Å²) in [4.78, 5) is 4.68. The van der Waals surface area contributed by atoms with Gasteiger partial charge in [-0.05, 0) is 69.2 Å². The number of hydrogen-bond acceptors (Lipinski definition) is 3. The van der Waals surface area contributed by atoms with E-state index < -0.39 is 0 Å². The Morgan fingerprint density at radius 3 is 2.45 bits per heavy atom. The normalized spacial score (nSPS) is 17.9. The van der Waals surface area contributed by atoms with Crippen molar-refractivity contribution in [1.29, 1.82) is 0 Å². The maximum Gasteiger partial charge on any atom is 0.123 e. The summed E-state index contributed by atoms with van der Waals surface area (Å²) in [6.07, 6.45) is 2.47. The Kier molecular flexibility index (Phi) is 5.52. The first-order valence-corrected chi connectivity index (χ1v) is 7.42. The molecule has 0 bridgehead atoms. The molecule has 1 aliphatic heterocycles. The molecule has 3 nitrogen and oxygen atoms in total. The van der Waals surface area contributed by atoms with Crippen molar-refractivity contribution in [1.82, 2.24) is 9.80 Å². The molecule has 1 aromatic rings. The Hall–Kier alpha value is -0.970. The maximum absolute atomic E-state index is 13.5. The van der Waals surface area contributed by atoms with Gasteiger partial charge in [0.2, 0.25) is 0 Å². The van der Waals surface area contributed by atoms with E-state index in [2.05, 4.69) is 23.9 Å². The number of likely N-dealkylation sites (tertiary alicyclic amines) is 1. The topological polar surface area (TPSA) is 32.5 Å². The summed E-state index contributed by atoms with van der Waals surface area (Å²) in [7, 11) is 4.26. The third-order valence-electron chi connectivity index (χ3n) is 3.99. The highest BCUT2D eigenvalue weighted by atomic mass is 19.1. The van der Waals surface area contributed by atoms with E-state index in [9.17, 15) is 4.39 Å². The average Bonchev–Trinajstić information content (AvgIpc) is 2.39. The monoisotopic (exact) mass is 279 g/mol. The van der Waals surface area contributed by atoms with Crippen molar-refractivity contribution in [2.24, 2.45) is 11.7 Å². The molecule has 0 spiro atoms. The van der Waals surface area contributed by atoms with E-state index in [1.807, 2.05) is 6.07 Å². The van der Waals surface area contributed by atoms with Crippen molar-refractivity contribution in [3.8, 4) is 0 Å². The van der Waals surface area contributed by atoms with E-state index in [0.717, 1.165) is 36.7 Å². The van der Waals surface area contributed by atoms with E-state index in [4.69, 9.17) is 5.73 Å². The van der Waals surface area contributed by atoms with Gasteiger partial charge >= 0.3 is 0 Å². The van der Waals surface area contributed by atoms with E-state index in [1.54, 1.807) is 6.07 Å². The van der Waals surface area contributed by atoms with Gasteiger partial charge in [0.05, 0.1) is 0 Å². The van der Waals surface area contributed by atoms with Crippen LogP contribution in [0.3, 0.4) is 0 Å². The second-order valence-electron chi connectivity index (χ2n) is 6.15. The number of nitrogens with two attached hydrogens (primary N) is 1. The fraction of sp³-hybridized carbons (Fsp3) is 0.625. The molecule has 0 aromatic heterocycles. The molecular formula is C16H26FN3. The van der Waals surface area contributed by atoms with Crippen LogP contribution in [0.15, 0.2) is 18.2 Å². The molecule has 2 N–H and O–H groups in total. The highest BCUT2D eigenvalue weighted by Gasteiger charge is 2.19. The fourth-order valence-corrected chi connectivity index (χ4v) is 3.03.